The van der Waals surface area contributed by atoms with Crippen molar-refractivity contribution in [3.8, 4) is 5.75 Å². The minimum absolute atomic E-state index is 0.0541. The second-order valence-corrected chi connectivity index (χ2v) is 6.20. The summed E-state index contributed by atoms with van der Waals surface area (Å²) in [6, 6.07) is 15.4. The van der Waals surface area contributed by atoms with E-state index >= 15 is 0 Å². The molecular formula is C19H22N2O2. The van der Waals surface area contributed by atoms with Crippen LogP contribution in [-0.4, -0.2) is 12.5 Å². The Balaban J connectivity index is 1.67. The summed E-state index contributed by atoms with van der Waals surface area (Å²) in [5.41, 5.74) is 2.54. The minimum Gasteiger partial charge on any atom is -0.494 e. The predicted molar refractivity (Wildman–Crippen MR) is 91.7 cm³/mol. The van der Waals surface area contributed by atoms with Gasteiger partial charge in [0, 0.05) is 5.69 Å². The number of hydrogen-bond acceptors (Lipinski definition) is 3. The highest BCUT2D eigenvalue weighted by molar-refractivity contribution is 6.01. The van der Waals surface area contributed by atoms with E-state index in [0.717, 1.165) is 30.0 Å². The molecule has 0 bridgehead atoms. The lowest BCUT2D eigenvalue weighted by Gasteiger charge is -2.28. The Morgan fingerprint density at radius 2 is 1.78 bits per heavy atom. The third-order valence-electron chi connectivity index (χ3n) is 3.92. The van der Waals surface area contributed by atoms with E-state index in [1.165, 1.54) is 0 Å². The average Bonchev–Trinajstić information content (AvgIpc) is 2.55. The summed E-state index contributed by atoms with van der Waals surface area (Å²) >= 11 is 0. The van der Waals surface area contributed by atoms with Gasteiger partial charge >= 0.3 is 0 Å². The van der Waals surface area contributed by atoms with Crippen molar-refractivity contribution in [1.29, 1.82) is 0 Å². The van der Waals surface area contributed by atoms with Crippen LogP contribution in [0.25, 0.3) is 0 Å². The van der Waals surface area contributed by atoms with Crippen LogP contribution in [0.4, 0.5) is 5.69 Å². The van der Waals surface area contributed by atoms with Gasteiger partial charge < -0.3 is 15.4 Å². The van der Waals surface area contributed by atoms with Gasteiger partial charge in [0.25, 0.3) is 5.91 Å². The molecule has 23 heavy (non-hydrogen) atoms. The Bertz CT molecular complexity index is 680. The zero-order valence-corrected chi connectivity index (χ0v) is 13.5. The maximum atomic E-state index is 12.2. The molecule has 1 aliphatic heterocycles. The van der Waals surface area contributed by atoms with E-state index in [9.17, 15) is 4.79 Å². The molecule has 4 heteroatoms. The highest BCUT2D eigenvalue weighted by Gasteiger charge is 2.23. The fraction of sp³-hybridized carbons (Fsp3) is 0.316. The molecule has 0 unspecified atom stereocenters. The first kappa shape index (κ1) is 15.4. The van der Waals surface area contributed by atoms with Crippen LogP contribution in [0.15, 0.2) is 48.5 Å². The number of fused-ring (bicyclic) bond motifs is 1. The lowest BCUT2D eigenvalue weighted by molar-refractivity contribution is 0.0935. The Hall–Kier alpha value is -2.49. The molecule has 4 nitrogen and oxygen atoms in total. The van der Waals surface area contributed by atoms with Crippen LogP contribution in [0, 0.1) is 5.92 Å². The molecule has 1 amide bonds. The molecule has 0 saturated heterocycles. The molecule has 120 valence electrons. The Morgan fingerprint density at radius 3 is 2.52 bits per heavy atom. The topological polar surface area (TPSA) is 50.4 Å². The van der Waals surface area contributed by atoms with Crippen molar-refractivity contribution < 1.29 is 9.53 Å². The number of rotatable bonds is 5. The zero-order chi connectivity index (χ0) is 16.2. The number of ether oxygens (including phenoxy) is 1. The summed E-state index contributed by atoms with van der Waals surface area (Å²) in [6.45, 7) is 5.09. The molecule has 1 atom stereocenters. The van der Waals surface area contributed by atoms with Gasteiger partial charge in [0.15, 0.2) is 0 Å². The summed E-state index contributed by atoms with van der Waals surface area (Å²) < 4.78 is 5.73. The standard InChI is InChI=1S/C19H22N2O2/c1-13(2)11-12-23-15-9-7-14(8-10-15)18-20-17-6-4-3-5-16(17)19(22)21-18/h3-10,13,18,20H,11-12H2,1-2H3,(H,21,22)/t18-/m0/s1. The van der Waals surface area contributed by atoms with Gasteiger partial charge in [-0.3, -0.25) is 4.79 Å². The smallest absolute Gasteiger partial charge is 0.255 e. The van der Waals surface area contributed by atoms with Crippen molar-refractivity contribution >= 4 is 11.6 Å². The van der Waals surface area contributed by atoms with Crippen LogP contribution in [0.3, 0.4) is 0 Å². The number of hydrogen-bond donors (Lipinski definition) is 2. The summed E-state index contributed by atoms with van der Waals surface area (Å²) in [7, 11) is 0. The van der Waals surface area contributed by atoms with Gasteiger partial charge in [-0.05, 0) is 42.2 Å². The van der Waals surface area contributed by atoms with Crippen LogP contribution in [0.1, 0.15) is 42.4 Å². The first-order valence-electron chi connectivity index (χ1n) is 8.02. The number of para-hydroxylation sites is 1. The van der Waals surface area contributed by atoms with E-state index in [-0.39, 0.29) is 12.1 Å². The largest absolute Gasteiger partial charge is 0.494 e. The summed E-state index contributed by atoms with van der Waals surface area (Å²) in [6.07, 6.45) is 0.820. The summed E-state index contributed by atoms with van der Waals surface area (Å²) in [5, 5.41) is 6.32. The molecule has 1 heterocycles. The van der Waals surface area contributed by atoms with Crippen LogP contribution < -0.4 is 15.4 Å². The molecule has 2 aromatic rings. The Kier molecular flexibility index (Phi) is 4.51. The van der Waals surface area contributed by atoms with Crippen molar-refractivity contribution in [2.24, 2.45) is 5.92 Å². The summed E-state index contributed by atoms with van der Waals surface area (Å²) in [5.74, 6) is 1.44. The lowest BCUT2D eigenvalue weighted by atomic mass is 10.1. The van der Waals surface area contributed by atoms with E-state index in [2.05, 4.69) is 24.5 Å². The number of benzene rings is 2. The van der Waals surface area contributed by atoms with Crippen molar-refractivity contribution in [3.63, 3.8) is 0 Å². The summed E-state index contributed by atoms with van der Waals surface area (Å²) in [4.78, 5) is 12.2. The number of anilines is 1. The molecule has 2 N–H and O–H groups in total. The molecule has 0 spiro atoms. The van der Waals surface area contributed by atoms with Gasteiger partial charge in [-0.25, -0.2) is 0 Å². The molecular weight excluding hydrogens is 288 g/mol. The number of amides is 1. The quantitative estimate of drug-likeness (QED) is 0.878. The lowest BCUT2D eigenvalue weighted by Crippen LogP contribution is -2.38. The monoisotopic (exact) mass is 310 g/mol. The SMILES string of the molecule is CC(C)CCOc1ccc([C@@H]2NC(=O)c3ccccc3N2)cc1. The first-order valence-corrected chi connectivity index (χ1v) is 8.02. The molecule has 0 radical (unpaired) electrons. The molecule has 3 rings (SSSR count). The Labute approximate surface area is 136 Å². The molecule has 0 fully saturated rings. The highest BCUT2D eigenvalue weighted by atomic mass is 16.5. The molecule has 0 aliphatic carbocycles. The average molecular weight is 310 g/mol. The van der Waals surface area contributed by atoms with Gasteiger partial charge in [0.2, 0.25) is 0 Å². The molecule has 2 aromatic carbocycles. The van der Waals surface area contributed by atoms with Gasteiger partial charge in [0.05, 0.1) is 12.2 Å². The predicted octanol–water partition coefficient (Wildman–Crippen LogP) is 3.97. The fourth-order valence-corrected chi connectivity index (χ4v) is 2.54. The highest BCUT2D eigenvalue weighted by Crippen LogP contribution is 2.27. The van der Waals surface area contributed by atoms with Crippen LogP contribution >= 0.6 is 0 Å². The van der Waals surface area contributed by atoms with Gasteiger partial charge in [0.1, 0.15) is 11.9 Å². The van der Waals surface area contributed by atoms with Crippen molar-refractivity contribution in [2.75, 3.05) is 11.9 Å². The second-order valence-electron chi connectivity index (χ2n) is 6.20. The molecule has 1 aliphatic rings. The van der Waals surface area contributed by atoms with E-state index < -0.39 is 0 Å². The molecule has 0 saturated carbocycles. The van der Waals surface area contributed by atoms with Crippen LogP contribution in [0.2, 0.25) is 0 Å². The van der Waals surface area contributed by atoms with E-state index in [1.807, 2.05) is 48.5 Å². The normalized spacial score (nSPS) is 16.5. The number of nitrogens with one attached hydrogen (secondary N) is 2. The van der Waals surface area contributed by atoms with Crippen molar-refractivity contribution in [1.82, 2.24) is 5.32 Å². The van der Waals surface area contributed by atoms with Gasteiger partial charge in [-0.15, -0.1) is 0 Å². The second kappa shape index (κ2) is 6.73. The Morgan fingerprint density at radius 1 is 1.04 bits per heavy atom. The van der Waals surface area contributed by atoms with E-state index in [4.69, 9.17) is 4.74 Å². The first-order chi connectivity index (χ1) is 11.1. The van der Waals surface area contributed by atoms with Crippen molar-refractivity contribution in [2.45, 2.75) is 26.4 Å². The van der Waals surface area contributed by atoms with Crippen LogP contribution in [0.5, 0.6) is 5.75 Å². The van der Waals surface area contributed by atoms with Crippen LogP contribution in [-0.2, 0) is 0 Å². The van der Waals surface area contributed by atoms with E-state index in [1.54, 1.807) is 0 Å². The van der Waals surface area contributed by atoms with Crippen molar-refractivity contribution in [3.05, 3.63) is 59.7 Å². The number of carbonyl (C=O) groups is 1. The van der Waals surface area contributed by atoms with Gasteiger partial charge in [-0.2, -0.15) is 0 Å². The van der Waals surface area contributed by atoms with Gasteiger partial charge in [-0.1, -0.05) is 38.1 Å². The number of carbonyl (C=O) groups excluding carboxylic acids is 1. The third-order valence-corrected chi connectivity index (χ3v) is 3.92. The fourth-order valence-electron chi connectivity index (χ4n) is 2.54. The maximum absolute atomic E-state index is 12.2. The molecule has 0 aromatic heterocycles. The zero-order valence-electron chi connectivity index (χ0n) is 13.5. The van der Waals surface area contributed by atoms with E-state index in [0.29, 0.717) is 11.5 Å². The third kappa shape index (κ3) is 3.65. The minimum atomic E-state index is -0.220. The maximum Gasteiger partial charge on any atom is 0.255 e.